The van der Waals surface area contributed by atoms with Gasteiger partial charge < -0.3 is 4.18 Å². The molecule has 7 heavy (non-hydrogen) atoms. The van der Waals surface area contributed by atoms with Crippen LogP contribution >= 0.6 is 12.0 Å². The van der Waals surface area contributed by atoms with Crippen LogP contribution < -0.4 is 0 Å². The third kappa shape index (κ3) is 1.09. The molecule has 0 aliphatic carbocycles. The minimum atomic E-state index is 0.843. The van der Waals surface area contributed by atoms with E-state index in [0.29, 0.717) is 0 Å². The van der Waals surface area contributed by atoms with Gasteiger partial charge in [0.25, 0.3) is 0 Å². The lowest BCUT2D eigenvalue weighted by atomic mass is 10.7. The van der Waals surface area contributed by atoms with Crippen molar-refractivity contribution in [1.29, 1.82) is 0 Å². The van der Waals surface area contributed by atoms with Gasteiger partial charge in [0, 0.05) is 6.54 Å². The largest absolute Gasteiger partial charge is 0.409 e. The van der Waals surface area contributed by atoms with Gasteiger partial charge in [0.15, 0.2) is 0 Å². The molecule has 0 aromatic rings. The Morgan fingerprint density at radius 3 is 2.86 bits per heavy atom. The molecule has 0 N–H and O–H groups in total. The molecule has 1 fully saturated rings. The van der Waals surface area contributed by atoms with Gasteiger partial charge in [0.1, 0.15) is 5.75 Å². The standard InChI is InChI=1S/C4H7NOS/c1-2-5-4-3-7-6-4/h2-3H2,1H3. The van der Waals surface area contributed by atoms with Gasteiger partial charge in [-0.3, -0.25) is 4.99 Å². The summed E-state index contributed by atoms with van der Waals surface area (Å²) in [5.74, 6) is 1.86. The molecule has 0 bridgehead atoms. The zero-order chi connectivity index (χ0) is 5.11. The second-order valence-corrected chi connectivity index (χ2v) is 1.90. The van der Waals surface area contributed by atoms with Crippen LogP contribution in [0.2, 0.25) is 0 Å². The van der Waals surface area contributed by atoms with E-state index in [0.717, 1.165) is 18.2 Å². The topological polar surface area (TPSA) is 21.6 Å². The average molecular weight is 117 g/mol. The maximum absolute atomic E-state index is 4.84. The molecule has 1 heterocycles. The number of hydrogen-bond donors (Lipinski definition) is 0. The van der Waals surface area contributed by atoms with Gasteiger partial charge in [-0.05, 0) is 6.92 Å². The highest BCUT2D eigenvalue weighted by Gasteiger charge is 2.11. The van der Waals surface area contributed by atoms with Crippen molar-refractivity contribution in [2.45, 2.75) is 6.92 Å². The molecule has 1 aliphatic heterocycles. The summed E-state index contributed by atoms with van der Waals surface area (Å²) in [7, 11) is 0. The SMILES string of the molecule is CCN=C1CSO1. The number of aliphatic imine (C=N–C) groups is 1. The smallest absolute Gasteiger partial charge is 0.212 e. The highest BCUT2D eigenvalue weighted by molar-refractivity contribution is 7.97. The normalized spacial score (nSPS) is 23.9. The zero-order valence-corrected chi connectivity index (χ0v) is 4.99. The predicted octanol–water partition coefficient (Wildman–Crippen LogP) is 1.08. The van der Waals surface area contributed by atoms with Crippen molar-refractivity contribution in [3.8, 4) is 0 Å². The minimum Gasteiger partial charge on any atom is -0.409 e. The summed E-state index contributed by atoms with van der Waals surface area (Å²) in [6.45, 7) is 2.84. The highest BCUT2D eigenvalue weighted by Crippen LogP contribution is 2.16. The van der Waals surface area contributed by atoms with E-state index in [9.17, 15) is 0 Å². The fourth-order valence-corrected chi connectivity index (χ4v) is 0.727. The molecule has 0 aromatic carbocycles. The summed E-state index contributed by atoms with van der Waals surface area (Å²) in [5.41, 5.74) is 0. The molecule has 0 atom stereocenters. The third-order valence-corrected chi connectivity index (χ3v) is 1.35. The predicted molar refractivity (Wildman–Crippen MR) is 31.5 cm³/mol. The molecule has 0 radical (unpaired) electrons. The van der Waals surface area contributed by atoms with E-state index in [4.69, 9.17) is 4.18 Å². The second kappa shape index (κ2) is 2.21. The monoisotopic (exact) mass is 117 g/mol. The first-order chi connectivity index (χ1) is 3.43. The molecule has 3 heteroatoms. The van der Waals surface area contributed by atoms with Crippen molar-refractivity contribution in [1.82, 2.24) is 0 Å². The third-order valence-electron chi connectivity index (χ3n) is 0.672. The van der Waals surface area contributed by atoms with Gasteiger partial charge in [-0.2, -0.15) is 0 Å². The molecule has 1 rings (SSSR count). The number of nitrogens with zero attached hydrogens (tertiary/aromatic N) is 1. The molecule has 0 saturated carbocycles. The lowest BCUT2D eigenvalue weighted by Gasteiger charge is -2.12. The van der Waals surface area contributed by atoms with Crippen molar-refractivity contribution < 1.29 is 4.18 Å². The van der Waals surface area contributed by atoms with Crippen LogP contribution in [-0.2, 0) is 4.18 Å². The van der Waals surface area contributed by atoms with Crippen LogP contribution in [0.15, 0.2) is 4.99 Å². The molecule has 0 amide bonds. The van der Waals surface area contributed by atoms with E-state index in [1.54, 1.807) is 0 Å². The Morgan fingerprint density at radius 2 is 2.71 bits per heavy atom. The maximum Gasteiger partial charge on any atom is 0.212 e. The molecular weight excluding hydrogens is 110 g/mol. The Labute approximate surface area is 47.2 Å². The van der Waals surface area contributed by atoms with E-state index in [2.05, 4.69) is 4.99 Å². The summed E-state index contributed by atoms with van der Waals surface area (Å²) in [4.78, 5) is 4.00. The fraction of sp³-hybridized carbons (Fsp3) is 0.750. The van der Waals surface area contributed by atoms with Gasteiger partial charge in [0.2, 0.25) is 5.90 Å². The van der Waals surface area contributed by atoms with Crippen LogP contribution in [0.4, 0.5) is 0 Å². The summed E-state index contributed by atoms with van der Waals surface area (Å²) in [6, 6.07) is 0. The van der Waals surface area contributed by atoms with Crippen molar-refractivity contribution >= 4 is 17.9 Å². The summed E-state index contributed by atoms with van der Waals surface area (Å²) in [5, 5.41) is 0. The Hall–Kier alpha value is -0.180. The molecule has 0 aromatic heterocycles. The fourth-order valence-electron chi connectivity index (χ4n) is 0.360. The van der Waals surface area contributed by atoms with Crippen LogP contribution in [0.1, 0.15) is 6.92 Å². The van der Waals surface area contributed by atoms with Crippen LogP contribution in [0.25, 0.3) is 0 Å². The molecule has 1 aliphatic rings. The Morgan fingerprint density at radius 1 is 2.00 bits per heavy atom. The first-order valence-corrected chi connectivity index (χ1v) is 3.17. The van der Waals surface area contributed by atoms with E-state index in [1.165, 1.54) is 12.0 Å². The van der Waals surface area contributed by atoms with Gasteiger partial charge in [-0.1, -0.05) is 0 Å². The lowest BCUT2D eigenvalue weighted by molar-refractivity contribution is 0.604. The average Bonchev–Trinajstić information content (AvgIpc) is 1.55. The van der Waals surface area contributed by atoms with E-state index >= 15 is 0 Å². The van der Waals surface area contributed by atoms with E-state index in [-0.39, 0.29) is 0 Å². The van der Waals surface area contributed by atoms with Gasteiger partial charge in [0.05, 0.1) is 12.0 Å². The molecule has 2 nitrogen and oxygen atoms in total. The first kappa shape index (κ1) is 4.97. The summed E-state index contributed by atoms with van der Waals surface area (Å²) >= 11 is 1.45. The molecule has 1 saturated heterocycles. The number of rotatable bonds is 1. The number of hydrogen-bond acceptors (Lipinski definition) is 3. The van der Waals surface area contributed by atoms with Crippen molar-refractivity contribution in [3.05, 3.63) is 0 Å². The Bertz CT molecular complexity index is 85.7. The molecule has 0 spiro atoms. The molecular formula is C4H7NOS. The Balaban J connectivity index is 2.23. The van der Waals surface area contributed by atoms with Crippen LogP contribution in [0, 0.1) is 0 Å². The molecule has 40 valence electrons. The Kier molecular flexibility index (Phi) is 1.57. The van der Waals surface area contributed by atoms with Crippen molar-refractivity contribution in [2.24, 2.45) is 4.99 Å². The van der Waals surface area contributed by atoms with Crippen LogP contribution in [0.3, 0.4) is 0 Å². The zero-order valence-electron chi connectivity index (χ0n) is 4.18. The van der Waals surface area contributed by atoms with Gasteiger partial charge in [-0.15, -0.1) is 0 Å². The molecule has 0 unspecified atom stereocenters. The summed E-state index contributed by atoms with van der Waals surface area (Å²) in [6.07, 6.45) is 0. The van der Waals surface area contributed by atoms with Crippen LogP contribution in [0.5, 0.6) is 0 Å². The van der Waals surface area contributed by atoms with Crippen molar-refractivity contribution in [3.63, 3.8) is 0 Å². The lowest BCUT2D eigenvalue weighted by Crippen LogP contribution is -2.14. The van der Waals surface area contributed by atoms with Gasteiger partial charge in [-0.25, -0.2) is 0 Å². The maximum atomic E-state index is 4.84. The summed E-state index contributed by atoms with van der Waals surface area (Å²) < 4.78 is 4.84. The highest BCUT2D eigenvalue weighted by atomic mass is 32.2. The second-order valence-electron chi connectivity index (χ2n) is 1.21. The van der Waals surface area contributed by atoms with E-state index < -0.39 is 0 Å². The van der Waals surface area contributed by atoms with Crippen LogP contribution in [-0.4, -0.2) is 18.2 Å². The van der Waals surface area contributed by atoms with Gasteiger partial charge >= 0.3 is 0 Å². The van der Waals surface area contributed by atoms with Crippen molar-refractivity contribution in [2.75, 3.05) is 12.3 Å². The quantitative estimate of drug-likeness (QED) is 0.479. The first-order valence-electron chi connectivity index (χ1n) is 2.26. The minimum absolute atomic E-state index is 0.843. The van der Waals surface area contributed by atoms with E-state index in [1.807, 2.05) is 6.92 Å².